The molecule has 0 aromatic heterocycles. The highest BCUT2D eigenvalue weighted by molar-refractivity contribution is 5.79. The highest BCUT2D eigenvalue weighted by Gasteiger charge is 2.31. The van der Waals surface area contributed by atoms with Gasteiger partial charge >= 0.3 is 0 Å². The molecular weight excluding hydrogens is 216 g/mol. The predicted octanol–water partition coefficient (Wildman–Crippen LogP) is 1.29. The summed E-state index contributed by atoms with van der Waals surface area (Å²) >= 11 is 0. The molecule has 17 heavy (non-hydrogen) atoms. The van der Waals surface area contributed by atoms with E-state index in [0.717, 1.165) is 25.7 Å². The summed E-state index contributed by atoms with van der Waals surface area (Å²) in [6.07, 6.45) is 3.72. The molecule has 1 fully saturated rings. The monoisotopic (exact) mass is 242 g/mol. The summed E-state index contributed by atoms with van der Waals surface area (Å²) in [5, 5.41) is 3.07. The Kier molecular flexibility index (Phi) is 5.92. The Bertz CT molecular complexity index is 246. The Morgan fingerprint density at radius 3 is 2.82 bits per heavy atom. The van der Waals surface area contributed by atoms with E-state index in [1.165, 1.54) is 0 Å². The van der Waals surface area contributed by atoms with Crippen LogP contribution in [0.15, 0.2) is 0 Å². The molecule has 0 aromatic carbocycles. The van der Waals surface area contributed by atoms with Crippen molar-refractivity contribution in [2.24, 2.45) is 17.6 Å². The molecule has 1 aliphatic carbocycles. The molecule has 1 amide bonds. The quantitative estimate of drug-likeness (QED) is 0.763. The van der Waals surface area contributed by atoms with Crippen LogP contribution in [-0.4, -0.2) is 31.7 Å². The standard InChI is InChI=1S/C13H26N2O2/c1-9-8-11(14)4-5-12(9)13(16)15-10(2)6-7-17-3/h9-12H,4-8,14H2,1-3H3,(H,15,16). The number of nitrogens with two attached hydrogens (primary N) is 1. The van der Waals surface area contributed by atoms with E-state index in [0.29, 0.717) is 12.5 Å². The molecule has 100 valence electrons. The van der Waals surface area contributed by atoms with Gasteiger partial charge in [0.05, 0.1) is 0 Å². The van der Waals surface area contributed by atoms with Crippen LogP contribution in [0.5, 0.6) is 0 Å². The first-order valence-electron chi connectivity index (χ1n) is 6.59. The number of ether oxygens (including phenoxy) is 1. The largest absolute Gasteiger partial charge is 0.385 e. The Labute approximate surface area is 104 Å². The van der Waals surface area contributed by atoms with E-state index in [4.69, 9.17) is 10.5 Å². The van der Waals surface area contributed by atoms with Crippen molar-refractivity contribution in [3.8, 4) is 0 Å². The van der Waals surface area contributed by atoms with Crippen molar-refractivity contribution in [2.75, 3.05) is 13.7 Å². The van der Waals surface area contributed by atoms with E-state index in [9.17, 15) is 4.79 Å². The maximum Gasteiger partial charge on any atom is 0.223 e. The van der Waals surface area contributed by atoms with Crippen LogP contribution in [0.4, 0.5) is 0 Å². The van der Waals surface area contributed by atoms with Gasteiger partial charge in [0.15, 0.2) is 0 Å². The molecule has 0 aliphatic heterocycles. The molecule has 0 radical (unpaired) electrons. The highest BCUT2D eigenvalue weighted by atomic mass is 16.5. The third-order valence-electron chi connectivity index (χ3n) is 3.69. The lowest BCUT2D eigenvalue weighted by atomic mass is 9.77. The fourth-order valence-corrected chi connectivity index (χ4v) is 2.54. The molecule has 3 N–H and O–H groups in total. The van der Waals surface area contributed by atoms with Gasteiger partial charge in [-0.1, -0.05) is 6.92 Å². The zero-order valence-corrected chi connectivity index (χ0v) is 11.2. The van der Waals surface area contributed by atoms with Crippen LogP contribution < -0.4 is 11.1 Å². The van der Waals surface area contributed by atoms with Crippen LogP contribution in [0, 0.1) is 11.8 Å². The SMILES string of the molecule is COCCC(C)NC(=O)C1CCC(N)CC1C. The van der Waals surface area contributed by atoms with Gasteiger partial charge in [0.1, 0.15) is 0 Å². The molecule has 4 unspecified atom stereocenters. The molecule has 4 atom stereocenters. The second-order valence-corrected chi connectivity index (χ2v) is 5.35. The van der Waals surface area contributed by atoms with Crippen molar-refractivity contribution in [1.29, 1.82) is 0 Å². The average molecular weight is 242 g/mol. The van der Waals surface area contributed by atoms with Gasteiger partial charge < -0.3 is 15.8 Å². The maximum absolute atomic E-state index is 12.1. The normalized spacial score (nSPS) is 30.9. The number of hydrogen-bond acceptors (Lipinski definition) is 3. The topological polar surface area (TPSA) is 64.3 Å². The zero-order chi connectivity index (χ0) is 12.8. The van der Waals surface area contributed by atoms with E-state index in [2.05, 4.69) is 12.2 Å². The van der Waals surface area contributed by atoms with E-state index in [1.807, 2.05) is 6.92 Å². The minimum Gasteiger partial charge on any atom is -0.385 e. The fraction of sp³-hybridized carbons (Fsp3) is 0.923. The molecule has 1 aliphatic rings. The average Bonchev–Trinajstić information content (AvgIpc) is 2.26. The number of rotatable bonds is 5. The van der Waals surface area contributed by atoms with Gasteiger partial charge in [-0.2, -0.15) is 0 Å². The Morgan fingerprint density at radius 1 is 1.53 bits per heavy atom. The van der Waals surface area contributed by atoms with Crippen molar-refractivity contribution in [3.63, 3.8) is 0 Å². The molecule has 4 nitrogen and oxygen atoms in total. The first kappa shape index (κ1) is 14.5. The van der Waals surface area contributed by atoms with E-state index >= 15 is 0 Å². The fourth-order valence-electron chi connectivity index (χ4n) is 2.54. The molecule has 4 heteroatoms. The van der Waals surface area contributed by atoms with Gasteiger partial charge in [-0.05, 0) is 38.5 Å². The summed E-state index contributed by atoms with van der Waals surface area (Å²) in [5.41, 5.74) is 5.91. The zero-order valence-electron chi connectivity index (χ0n) is 11.2. The van der Waals surface area contributed by atoms with Crippen LogP contribution >= 0.6 is 0 Å². The van der Waals surface area contributed by atoms with Gasteiger partial charge in [0, 0.05) is 31.7 Å². The lowest BCUT2D eigenvalue weighted by molar-refractivity contribution is -0.128. The van der Waals surface area contributed by atoms with Crippen LogP contribution in [0.2, 0.25) is 0 Å². The third-order valence-corrected chi connectivity index (χ3v) is 3.69. The first-order valence-corrected chi connectivity index (χ1v) is 6.59. The van der Waals surface area contributed by atoms with Crippen molar-refractivity contribution >= 4 is 5.91 Å². The molecule has 0 bridgehead atoms. The number of carbonyl (C=O) groups is 1. The lowest BCUT2D eigenvalue weighted by Crippen LogP contribution is -2.43. The van der Waals surface area contributed by atoms with Gasteiger partial charge in [-0.25, -0.2) is 0 Å². The molecule has 0 spiro atoms. The maximum atomic E-state index is 12.1. The van der Waals surface area contributed by atoms with Crippen LogP contribution in [0.25, 0.3) is 0 Å². The molecule has 0 aromatic rings. The summed E-state index contributed by atoms with van der Waals surface area (Å²) in [7, 11) is 1.68. The summed E-state index contributed by atoms with van der Waals surface area (Å²) in [6.45, 7) is 4.84. The summed E-state index contributed by atoms with van der Waals surface area (Å²) in [5.74, 6) is 0.723. The van der Waals surface area contributed by atoms with E-state index < -0.39 is 0 Å². The minimum atomic E-state index is 0.139. The number of methoxy groups -OCH3 is 1. The van der Waals surface area contributed by atoms with Crippen molar-refractivity contribution in [2.45, 2.75) is 51.6 Å². The molecule has 0 saturated heterocycles. The molecular formula is C13H26N2O2. The summed E-state index contributed by atoms with van der Waals surface area (Å²) in [4.78, 5) is 12.1. The van der Waals surface area contributed by atoms with Crippen LogP contribution in [0.1, 0.15) is 39.5 Å². The van der Waals surface area contributed by atoms with Crippen LogP contribution in [-0.2, 0) is 9.53 Å². The first-order chi connectivity index (χ1) is 8.04. The third kappa shape index (κ3) is 4.64. The Hall–Kier alpha value is -0.610. The van der Waals surface area contributed by atoms with Gasteiger partial charge in [-0.3, -0.25) is 4.79 Å². The second-order valence-electron chi connectivity index (χ2n) is 5.35. The van der Waals surface area contributed by atoms with Gasteiger partial charge in [0.2, 0.25) is 5.91 Å². The minimum absolute atomic E-state index is 0.139. The second kappa shape index (κ2) is 6.97. The number of amides is 1. The van der Waals surface area contributed by atoms with Crippen LogP contribution in [0.3, 0.4) is 0 Å². The molecule has 1 rings (SSSR count). The lowest BCUT2D eigenvalue weighted by Gasteiger charge is -2.32. The Morgan fingerprint density at radius 2 is 2.24 bits per heavy atom. The smallest absolute Gasteiger partial charge is 0.223 e. The van der Waals surface area contributed by atoms with Gasteiger partial charge in [0.25, 0.3) is 0 Å². The van der Waals surface area contributed by atoms with Gasteiger partial charge in [-0.15, -0.1) is 0 Å². The number of nitrogens with one attached hydrogen (secondary N) is 1. The van der Waals surface area contributed by atoms with Crippen molar-refractivity contribution < 1.29 is 9.53 Å². The van der Waals surface area contributed by atoms with E-state index in [-0.39, 0.29) is 23.9 Å². The number of hydrogen-bond donors (Lipinski definition) is 2. The van der Waals surface area contributed by atoms with Crippen molar-refractivity contribution in [1.82, 2.24) is 5.32 Å². The Balaban J connectivity index is 2.36. The molecule has 1 saturated carbocycles. The summed E-state index contributed by atoms with van der Waals surface area (Å²) in [6, 6.07) is 0.463. The highest BCUT2D eigenvalue weighted by Crippen LogP contribution is 2.29. The van der Waals surface area contributed by atoms with E-state index in [1.54, 1.807) is 7.11 Å². The predicted molar refractivity (Wildman–Crippen MR) is 68.6 cm³/mol. The summed E-state index contributed by atoms with van der Waals surface area (Å²) < 4.78 is 5.01. The van der Waals surface area contributed by atoms with Crippen molar-refractivity contribution in [3.05, 3.63) is 0 Å². The molecule has 0 heterocycles. The number of carbonyl (C=O) groups excluding carboxylic acids is 1.